The standard InChI is InChI=1S/C16H24N2O3S/c1-3-15(16(19)17-13-6-4-5-7-13)18-22(20,21)14-10-8-12(2)9-11-14/h8-11,13,15,18H,3-7H2,1-2H3,(H,17,19)/t15-/m0/s1. The van der Waals surface area contributed by atoms with Gasteiger partial charge in [0.1, 0.15) is 6.04 Å². The van der Waals surface area contributed by atoms with Crippen LogP contribution in [0.25, 0.3) is 0 Å². The zero-order chi connectivity index (χ0) is 16.2. The molecule has 0 aromatic heterocycles. The molecule has 22 heavy (non-hydrogen) atoms. The molecule has 1 saturated carbocycles. The Kier molecular flexibility index (Phi) is 5.58. The number of benzene rings is 1. The van der Waals surface area contributed by atoms with Gasteiger partial charge in [-0.25, -0.2) is 8.42 Å². The number of carbonyl (C=O) groups is 1. The summed E-state index contributed by atoms with van der Waals surface area (Å²) in [6.45, 7) is 3.70. The fraction of sp³-hybridized carbons (Fsp3) is 0.562. The molecule has 122 valence electrons. The normalized spacial score (nSPS) is 17.4. The Morgan fingerprint density at radius 3 is 2.36 bits per heavy atom. The van der Waals surface area contributed by atoms with Crippen molar-refractivity contribution in [3.63, 3.8) is 0 Å². The third kappa shape index (κ3) is 4.30. The molecule has 2 rings (SSSR count). The molecule has 1 aromatic carbocycles. The quantitative estimate of drug-likeness (QED) is 0.841. The van der Waals surface area contributed by atoms with E-state index in [1.54, 1.807) is 31.2 Å². The van der Waals surface area contributed by atoms with E-state index in [-0.39, 0.29) is 16.8 Å². The van der Waals surface area contributed by atoms with Crippen LogP contribution in [0.4, 0.5) is 0 Å². The Balaban J connectivity index is 2.04. The lowest BCUT2D eigenvalue weighted by Crippen LogP contribution is -2.48. The van der Waals surface area contributed by atoms with E-state index in [9.17, 15) is 13.2 Å². The van der Waals surface area contributed by atoms with Crippen molar-refractivity contribution in [3.8, 4) is 0 Å². The number of carbonyl (C=O) groups excluding carboxylic acids is 1. The molecule has 2 N–H and O–H groups in total. The molecule has 0 saturated heterocycles. The van der Waals surface area contributed by atoms with Crippen LogP contribution in [0.15, 0.2) is 29.2 Å². The zero-order valence-corrected chi connectivity index (χ0v) is 13.9. The molecule has 0 radical (unpaired) electrons. The first-order chi connectivity index (χ1) is 10.4. The van der Waals surface area contributed by atoms with E-state index < -0.39 is 16.1 Å². The van der Waals surface area contributed by atoms with E-state index in [0.29, 0.717) is 6.42 Å². The highest BCUT2D eigenvalue weighted by Gasteiger charge is 2.26. The summed E-state index contributed by atoms with van der Waals surface area (Å²) in [6, 6.07) is 6.05. The monoisotopic (exact) mass is 324 g/mol. The summed E-state index contributed by atoms with van der Waals surface area (Å²) in [4.78, 5) is 12.4. The molecule has 1 fully saturated rings. The Bertz CT molecular complexity index is 605. The molecule has 1 atom stereocenters. The SMILES string of the molecule is CC[C@H](NS(=O)(=O)c1ccc(C)cc1)C(=O)NC1CCCC1. The predicted molar refractivity (Wildman–Crippen MR) is 86.0 cm³/mol. The second-order valence-corrected chi connectivity index (χ2v) is 7.60. The van der Waals surface area contributed by atoms with Crippen LogP contribution in [0, 0.1) is 6.92 Å². The predicted octanol–water partition coefficient (Wildman–Crippen LogP) is 2.11. The van der Waals surface area contributed by atoms with E-state index in [0.717, 1.165) is 31.2 Å². The molecule has 0 unspecified atom stereocenters. The van der Waals surface area contributed by atoms with Gasteiger partial charge in [0.15, 0.2) is 0 Å². The van der Waals surface area contributed by atoms with Crippen molar-refractivity contribution >= 4 is 15.9 Å². The van der Waals surface area contributed by atoms with Gasteiger partial charge in [0.2, 0.25) is 15.9 Å². The van der Waals surface area contributed by atoms with Gasteiger partial charge in [-0.1, -0.05) is 37.5 Å². The molecule has 0 bridgehead atoms. The van der Waals surface area contributed by atoms with Gasteiger partial charge < -0.3 is 5.32 Å². The Morgan fingerprint density at radius 2 is 1.82 bits per heavy atom. The maximum absolute atomic E-state index is 12.4. The molecule has 1 aliphatic rings. The van der Waals surface area contributed by atoms with Gasteiger partial charge in [0.05, 0.1) is 4.90 Å². The molecule has 5 nitrogen and oxygen atoms in total. The number of aryl methyl sites for hydroxylation is 1. The zero-order valence-electron chi connectivity index (χ0n) is 13.1. The van der Waals surface area contributed by atoms with Crippen LogP contribution in [-0.4, -0.2) is 26.4 Å². The second kappa shape index (κ2) is 7.24. The molecule has 1 aliphatic carbocycles. The lowest BCUT2D eigenvalue weighted by molar-refractivity contribution is -0.123. The third-order valence-electron chi connectivity index (χ3n) is 4.05. The molecule has 0 spiro atoms. The number of sulfonamides is 1. The van der Waals surface area contributed by atoms with Crippen molar-refractivity contribution in [1.82, 2.24) is 10.0 Å². The summed E-state index contributed by atoms with van der Waals surface area (Å²) in [5.74, 6) is -0.231. The summed E-state index contributed by atoms with van der Waals surface area (Å²) >= 11 is 0. The van der Waals surface area contributed by atoms with Crippen LogP contribution < -0.4 is 10.0 Å². The lowest BCUT2D eigenvalue weighted by atomic mass is 10.2. The topological polar surface area (TPSA) is 75.3 Å². The van der Waals surface area contributed by atoms with Gasteiger partial charge in [0, 0.05) is 6.04 Å². The van der Waals surface area contributed by atoms with Gasteiger partial charge in [0.25, 0.3) is 0 Å². The average molecular weight is 324 g/mol. The van der Waals surface area contributed by atoms with Crippen LogP contribution in [0.5, 0.6) is 0 Å². The van der Waals surface area contributed by atoms with Gasteiger partial charge in [-0.2, -0.15) is 4.72 Å². The maximum atomic E-state index is 12.4. The van der Waals surface area contributed by atoms with E-state index >= 15 is 0 Å². The van der Waals surface area contributed by atoms with Crippen LogP contribution in [0.3, 0.4) is 0 Å². The number of hydrogen-bond acceptors (Lipinski definition) is 3. The molecule has 1 aromatic rings. The second-order valence-electron chi connectivity index (χ2n) is 5.89. The van der Waals surface area contributed by atoms with Crippen molar-refractivity contribution in [2.75, 3.05) is 0 Å². The number of nitrogens with one attached hydrogen (secondary N) is 2. The first-order valence-corrected chi connectivity index (χ1v) is 9.30. The summed E-state index contributed by atoms with van der Waals surface area (Å²) in [5, 5.41) is 2.95. The van der Waals surface area contributed by atoms with Crippen LogP contribution in [0.2, 0.25) is 0 Å². The first-order valence-electron chi connectivity index (χ1n) is 7.81. The van der Waals surface area contributed by atoms with E-state index in [1.165, 1.54) is 0 Å². The largest absolute Gasteiger partial charge is 0.352 e. The minimum absolute atomic E-state index is 0.185. The number of amides is 1. The highest BCUT2D eigenvalue weighted by Crippen LogP contribution is 2.18. The number of rotatable bonds is 6. The molecular formula is C16H24N2O3S. The van der Waals surface area contributed by atoms with Crippen molar-refractivity contribution < 1.29 is 13.2 Å². The van der Waals surface area contributed by atoms with Crippen molar-refractivity contribution in [1.29, 1.82) is 0 Å². The minimum Gasteiger partial charge on any atom is -0.352 e. The summed E-state index contributed by atoms with van der Waals surface area (Å²) in [7, 11) is -3.68. The van der Waals surface area contributed by atoms with Crippen molar-refractivity contribution in [2.24, 2.45) is 0 Å². The molecule has 6 heteroatoms. The van der Waals surface area contributed by atoms with Gasteiger partial charge in [-0.05, 0) is 38.3 Å². The third-order valence-corrected chi connectivity index (χ3v) is 5.54. The van der Waals surface area contributed by atoms with Crippen molar-refractivity contribution in [3.05, 3.63) is 29.8 Å². The average Bonchev–Trinajstić information content (AvgIpc) is 2.98. The molecule has 0 heterocycles. The Labute approximate surface area is 132 Å². The molecule has 0 aliphatic heterocycles. The Morgan fingerprint density at radius 1 is 1.23 bits per heavy atom. The van der Waals surface area contributed by atoms with Crippen LogP contribution in [-0.2, 0) is 14.8 Å². The van der Waals surface area contributed by atoms with Crippen LogP contribution in [0.1, 0.15) is 44.6 Å². The summed E-state index contributed by atoms with van der Waals surface area (Å²) in [5.41, 5.74) is 0.991. The number of hydrogen-bond donors (Lipinski definition) is 2. The highest BCUT2D eigenvalue weighted by atomic mass is 32.2. The maximum Gasteiger partial charge on any atom is 0.241 e. The van der Waals surface area contributed by atoms with Crippen LogP contribution >= 0.6 is 0 Å². The van der Waals surface area contributed by atoms with E-state index in [4.69, 9.17) is 0 Å². The van der Waals surface area contributed by atoms with Crippen molar-refractivity contribution in [2.45, 2.75) is 62.9 Å². The smallest absolute Gasteiger partial charge is 0.241 e. The Hall–Kier alpha value is -1.40. The summed E-state index contributed by atoms with van der Waals surface area (Å²) < 4.78 is 27.2. The minimum atomic E-state index is -3.68. The lowest BCUT2D eigenvalue weighted by Gasteiger charge is -2.20. The van der Waals surface area contributed by atoms with E-state index in [2.05, 4.69) is 10.0 Å². The first kappa shape index (κ1) is 17.0. The summed E-state index contributed by atoms with van der Waals surface area (Å²) in [6.07, 6.45) is 4.62. The fourth-order valence-electron chi connectivity index (χ4n) is 2.67. The van der Waals surface area contributed by atoms with E-state index in [1.807, 2.05) is 6.92 Å². The van der Waals surface area contributed by atoms with Gasteiger partial charge in [-0.15, -0.1) is 0 Å². The highest BCUT2D eigenvalue weighted by molar-refractivity contribution is 7.89. The molecule has 1 amide bonds. The van der Waals surface area contributed by atoms with Gasteiger partial charge in [-0.3, -0.25) is 4.79 Å². The molecular weight excluding hydrogens is 300 g/mol. The van der Waals surface area contributed by atoms with Gasteiger partial charge >= 0.3 is 0 Å². The fourth-order valence-corrected chi connectivity index (χ4v) is 3.95.